The molecule has 0 aliphatic rings. The minimum atomic E-state index is -1.07. The van der Waals surface area contributed by atoms with Crippen molar-refractivity contribution < 1.29 is 14.7 Å². The Morgan fingerprint density at radius 2 is 1.94 bits per heavy atom. The molecular weight excluding hydrogens is 230 g/mol. The van der Waals surface area contributed by atoms with E-state index in [1.807, 2.05) is 13.8 Å². The highest BCUT2D eigenvalue weighted by Crippen LogP contribution is 2.24. The van der Waals surface area contributed by atoms with Gasteiger partial charge in [-0.2, -0.15) is 0 Å². The molecule has 1 aromatic carbocycles. The summed E-state index contributed by atoms with van der Waals surface area (Å²) in [5, 5.41) is 9.84. The topological polar surface area (TPSA) is 70.2 Å². The van der Waals surface area contributed by atoms with E-state index < -0.39 is 5.97 Å². The Morgan fingerprint density at radius 1 is 1.28 bits per heavy atom. The first-order chi connectivity index (χ1) is 8.50. The first-order valence-electron chi connectivity index (χ1n) is 5.88. The lowest BCUT2D eigenvalue weighted by atomic mass is 10.0. The number of aromatic nitrogens is 1. The van der Waals surface area contributed by atoms with Crippen LogP contribution in [0.25, 0.3) is 10.9 Å². The van der Waals surface area contributed by atoms with Crippen molar-refractivity contribution in [2.75, 3.05) is 0 Å². The van der Waals surface area contributed by atoms with Crippen molar-refractivity contribution in [3.63, 3.8) is 0 Å². The summed E-state index contributed by atoms with van der Waals surface area (Å²) in [6, 6.07) is 7.05. The molecule has 0 aliphatic heterocycles. The number of H-pyrrole nitrogens is 1. The van der Waals surface area contributed by atoms with Crippen molar-refractivity contribution in [1.29, 1.82) is 0 Å². The van der Waals surface area contributed by atoms with Crippen LogP contribution in [0.15, 0.2) is 24.3 Å². The van der Waals surface area contributed by atoms with E-state index in [1.54, 1.807) is 24.3 Å². The van der Waals surface area contributed by atoms with Crippen molar-refractivity contribution >= 4 is 22.7 Å². The largest absolute Gasteiger partial charge is 0.478 e. The maximum atomic E-state index is 12.1. The molecule has 2 rings (SSSR count). The van der Waals surface area contributed by atoms with Crippen LogP contribution in [0.5, 0.6) is 0 Å². The third-order valence-electron chi connectivity index (χ3n) is 2.79. The predicted octanol–water partition coefficient (Wildman–Crippen LogP) is 3.09. The highest BCUT2D eigenvalue weighted by molar-refractivity contribution is 6.13. The lowest BCUT2D eigenvalue weighted by Crippen LogP contribution is -2.09. The summed E-state index contributed by atoms with van der Waals surface area (Å²) in [6.45, 7) is 3.86. The van der Waals surface area contributed by atoms with Crippen LogP contribution in [0, 0.1) is 5.92 Å². The molecule has 0 unspecified atom stereocenters. The van der Waals surface area contributed by atoms with Gasteiger partial charge in [0, 0.05) is 17.3 Å². The number of aromatic carboxylic acids is 1. The Morgan fingerprint density at radius 3 is 2.56 bits per heavy atom. The van der Waals surface area contributed by atoms with Gasteiger partial charge in [-0.15, -0.1) is 0 Å². The number of aromatic amines is 1. The van der Waals surface area contributed by atoms with Gasteiger partial charge < -0.3 is 10.1 Å². The molecule has 0 aliphatic carbocycles. The van der Waals surface area contributed by atoms with Gasteiger partial charge in [0.2, 0.25) is 0 Å². The van der Waals surface area contributed by atoms with Gasteiger partial charge >= 0.3 is 5.97 Å². The van der Waals surface area contributed by atoms with Crippen molar-refractivity contribution in [3.05, 3.63) is 35.5 Å². The summed E-state index contributed by atoms with van der Waals surface area (Å²) >= 11 is 0. The number of hydrogen-bond acceptors (Lipinski definition) is 2. The van der Waals surface area contributed by atoms with E-state index in [9.17, 15) is 14.7 Å². The molecular formula is C14H15NO3. The molecule has 94 valence electrons. The van der Waals surface area contributed by atoms with Crippen LogP contribution in [0.2, 0.25) is 0 Å². The van der Waals surface area contributed by atoms with E-state index in [0.29, 0.717) is 17.3 Å². The summed E-state index contributed by atoms with van der Waals surface area (Å²) < 4.78 is 0. The minimum absolute atomic E-state index is 0.0799. The van der Waals surface area contributed by atoms with Crippen LogP contribution in [-0.4, -0.2) is 21.8 Å². The van der Waals surface area contributed by atoms with Crippen LogP contribution in [0.1, 0.15) is 41.1 Å². The smallest absolute Gasteiger partial charge is 0.338 e. The Bertz CT molecular complexity index is 611. The van der Waals surface area contributed by atoms with E-state index >= 15 is 0 Å². The number of carbonyl (C=O) groups excluding carboxylic acids is 1. The molecule has 1 heterocycles. The third kappa shape index (κ3) is 2.14. The van der Waals surface area contributed by atoms with Gasteiger partial charge in [-0.05, 0) is 12.0 Å². The number of benzene rings is 1. The number of rotatable bonds is 4. The lowest BCUT2D eigenvalue weighted by Gasteiger charge is -2.03. The predicted molar refractivity (Wildman–Crippen MR) is 69.0 cm³/mol. The molecule has 0 radical (unpaired) electrons. The van der Waals surface area contributed by atoms with Crippen LogP contribution >= 0.6 is 0 Å². The SMILES string of the molecule is CC(C)CC(=O)c1[nH]c2ccccc2c1C(=O)O. The first kappa shape index (κ1) is 12.4. The van der Waals surface area contributed by atoms with Gasteiger partial charge in [0.15, 0.2) is 5.78 Å². The minimum Gasteiger partial charge on any atom is -0.478 e. The molecule has 0 saturated carbocycles. The molecule has 0 fully saturated rings. The number of nitrogens with one attached hydrogen (secondary N) is 1. The van der Waals surface area contributed by atoms with E-state index in [2.05, 4.69) is 4.98 Å². The monoisotopic (exact) mass is 245 g/mol. The maximum Gasteiger partial charge on any atom is 0.338 e. The van der Waals surface area contributed by atoms with Gasteiger partial charge in [-0.3, -0.25) is 4.79 Å². The second-order valence-corrected chi connectivity index (χ2v) is 4.75. The first-order valence-corrected chi connectivity index (χ1v) is 5.88. The summed E-state index contributed by atoms with van der Waals surface area (Å²) in [4.78, 5) is 26.3. The number of carboxylic acid groups (broad SMARTS) is 1. The fourth-order valence-electron chi connectivity index (χ4n) is 2.05. The van der Waals surface area contributed by atoms with Gasteiger partial charge in [0.05, 0.1) is 11.3 Å². The number of carbonyl (C=O) groups is 2. The van der Waals surface area contributed by atoms with E-state index in [1.165, 1.54) is 0 Å². The van der Waals surface area contributed by atoms with Crippen LogP contribution in [0.4, 0.5) is 0 Å². The van der Waals surface area contributed by atoms with Gasteiger partial charge in [-0.25, -0.2) is 4.79 Å². The maximum absolute atomic E-state index is 12.1. The average Bonchev–Trinajstić information content (AvgIpc) is 2.67. The molecule has 2 aromatic rings. The Labute approximate surface area is 105 Å². The zero-order valence-electron chi connectivity index (χ0n) is 10.4. The molecule has 0 spiro atoms. The highest BCUT2D eigenvalue weighted by atomic mass is 16.4. The Hall–Kier alpha value is -2.10. The van der Waals surface area contributed by atoms with Gasteiger partial charge in [-0.1, -0.05) is 32.0 Å². The number of fused-ring (bicyclic) bond motifs is 1. The summed E-state index contributed by atoms with van der Waals surface area (Å²) in [7, 11) is 0. The van der Waals surface area contributed by atoms with Crippen LogP contribution in [0.3, 0.4) is 0 Å². The Kier molecular flexibility index (Phi) is 3.19. The van der Waals surface area contributed by atoms with E-state index in [4.69, 9.17) is 0 Å². The molecule has 0 amide bonds. The second-order valence-electron chi connectivity index (χ2n) is 4.75. The quantitative estimate of drug-likeness (QED) is 0.813. The van der Waals surface area contributed by atoms with Crippen LogP contribution < -0.4 is 0 Å². The number of ketones is 1. The summed E-state index contributed by atoms with van der Waals surface area (Å²) in [5.41, 5.74) is 0.968. The molecule has 1 aromatic heterocycles. The standard InChI is InChI=1S/C14H15NO3/c1-8(2)7-11(16)13-12(14(17)18)9-5-3-4-6-10(9)15-13/h3-6,8,15H,7H2,1-2H3,(H,17,18). The molecule has 2 N–H and O–H groups in total. The third-order valence-corrected chi connectivity index (χ3v) is 2.79. The van der Waals surface area contributed by atoms with Gasteiger partial charge in [0.1, 0.15) is 0 Å². The van der Waals surface area contributed by atoms with Crippen molar-refractivity contribution in [3.8, 4) is 0 Å². The fraction of sp³-hybridized carbons (Fsp3) is 0.286. The highest BCUT2D eigenvalue weighted by Gasteiger charge is 2.22. The fourth-order valence-corrected chi connectivity index (χ4v) is 2.05. The molecule has 0 bridgehead atoms. The second kappa shape index (κ2) is 4.64. The normalized spacial score (nSPS) is 11.1. The molecule has 0 saturated heterocycles. The van der Waals surface area contributed by atoms with Crippen molar-refractivity contribution in [2.45, 2.75) is 20.3 Å². The number of Topliss-reactive ketones (excluding diaryl/α,β-unsaturated/α-hetero) is 1. The zero-order valence-corrected chi connectivity index (χ0v) is 10.4. The van der Waals surface area contributed by atoms with Crippen LogP contribution in [-0.2, 0) is 0 Å². The van der Waals surface area contributed by atoms with Crippen molar-refractivity contribution in [2.24, 2.45) is 5.92 Å². The number of hydrogen-bond donors (Lipinski definition) is 2. The molecule has 4 heteroatoms. The summed E-state index contributed by atoms with van der Waals surface area (Å²) in [6.07, 6.45) is 0.340. The van der Waals surface area contributed by atoms with Gasteiger partial charge in [0.25, 0.3) is 0 Å². The number of para-hydroxylation sites is 1. The molecule has 0 atom stereocenters. The molecule has 4 nitrogen and oxygen atoms in total. The lowest BCUT2D eigenvalue weighted by molar-refractivity contribution is 0.0693. The summed E-state index contributed by atoms with van der Waals surface area (Å²) in [5.74, 6) is -1.02. The molecule has 18 heavy (non-hydrogen) atoms. The van der Waals surface area contributed by atoms with E-state index in [0.717, 1.165) is 0 Å². The average molecular weight is 245 g/mol. The number of carboxylic acids is 1. The van der Waals surface area contributed by atoms with E-state index in [-0.39, 0.29) is 23.0 Å². The van der Waals surface area contributed by atoms with Crippen molar-refractivity contribution in [1.82, 2.24) is 4.98 Å². The Balaban J connectivity index is 2.59. The zero-order chi connectivity index (χ0) is 13.3.